The molecule has 3 nitrogen and oxygen atoms in total. The van der Waals surface area contributed by atoms with Gasteiger partial charge in [0.25, 0.3) is 0 Å². The van der Waals surface area contributed by atoms with E-state index in [1.165, 1.54) is 6.92 Å². The number of hydrogen-bond acceptors (Lipinski definition) is 3. The second-order valence-corrected chi connectivity index (χ2v) is 3.36. The number of hydrogen-bond donors (Lipinski definition) is 0. The van der Waals surface area contributed by atoms with Crippen LogP contribution in [-0.4, -0.2) is 11.0 Å². The van der Waals surface area contributed by atoms with Gasteiger partial charge < -0.3 is 4.74 Å². The van der Waals surface area contributed by atoms with Crippen molar-refractivity contribution >= 4 is 12.0 Å². The predicted molar refractivity (Wildman–Crippen MR) is 67.9 cm³/mol. The van der Waals surface area contributed by atoms with Crippen molar-refractivity contribution in [3.63, 3.8) is 0 Å². The Morgan fingerprint density at radius 3 is 2.76 bits per heavy atom. The van der Waals surface area contributed by atoms with E-state index >= 15 is 0 Å². The van der Waals surface area contributed by atoms with Crippen LogP contribution < -0.4 is 0 Å². The highest BCUT2D eigenvalue weighted by atomic mass is 16.5. The molecule has 1 aromatic heterocycles. The first-order chi connectivity index (χ1) is 8.13. The zero-order chi connectivity index (χ0) is 12.7. The molecule has 0 saturated heterocycles. The number of esters is 1. The lowest BCUT2D eigenvalue weighted by atomic mass is 10.2. The van der Waals surface area contributed by atoms with E-state index < -0.39 is 0 Å². The Kier molecular flexibility index (Phi) is 4.88. The summed E-state index contributed by atoms with van der Waals surface area (Å²) in [5.74, 6) is 0.107. The number of rotatable bonds is 4. The van der Waals surface area contributed by atoms with Crippen molar-refractivity contribution in [2.45, 2.75) is 13.8 Å². The quantitative estimate of drug-likeness (QED) is 0.452. The second kappa shape index (κ2) is 6.43. The molecule has 0 radical (unpaired) electrons. The van der Waals surface area contributed by atoms with Crippen LogP contribution in [0.2, 0.25) is 0 Å². The maximum atomic E-state index is 10.9. The van der Waals surface area contributed by atoms with Crippen molar-refractivity contribution in [1.82, 2.24) is 4.98 Å². The predicted octanol–water partition coefficient (Wildman–Crippen LogP) is 3.12. The van der Waals surface area contributed by atoms with Crippen LogP contribution in [0.4, 0.5) is 0 Å². The van der Waals surface area contributed by atoms with Crippen LogP contribution in [0.25, 0.3) is 6.08 Å². The minimum Gasteiger partial charge on any atom is -0.426 e. The molecule has 1 rings (SSSR count). The SMILES string of the molecule is C=C(C=Cc1ccccn1)C(=CC)OC(C)=O. The number of pyridine rings is 1. The van der Waals surface area contributed by atoms with Crippen LogP contribution >= 0.6 is 0 Å². The zero-order valence-corrected chi connectivity index (χ0v) is 10.0. The molecule has 0 fully saturated rings. The van der Waals surface area contributed by atoms with Gasteiger partial charge in [-0.1, -0.05) is 12.6 Å². The summed E-state index contributed by atoms with van der Waals surface area (Å²) in [5.41, 5.74) is 1.46. The van der Waals surface area contributed by atoms with E-state index in [0.29, 0.717) is 11.3 Å². The van der Waals surface area contributed by atoms with E-state index in [9.17, 15) is 4.79 Å². The van der Waals surface area contributed by atoms with Crippen LogP contribution in [-0.2, 0) is 9.53 Å². The van der Waals surface area contributed by atoms with Gasteiger partial charge in [-0.05, 0) is 37.3 Å². The molecule has 0 spiro atoms. The maximum absolute atomic E-state index is 10.9. The molecule has 0 atom stereocenters. The Morgan fingerprint density at radius 2 is 2.24 bits per heavy atom. The van der Waals surface area contributed by atoms with Gasteiger partial charge in [0.2, 0.25) is 0 Å². The molecule has 88 valence electrons. The minimum atomic E-state index is -0.356. The highest BCUT2D eigenvalue weighted by Gasteiger charge is 2.02. The van der Waals surface area contributed by atoms with Crippen molar-refractivity contribution < 1.29 is 9.53 Å². The molecule has 1 heterocycles. The van der Waals surface area contributed by atoms with Crippen LogP contribution in [0.15, 0.2) is 54.5 Å². The molecule has 0 saturated carbocycles. The molecule has 0 aliphatic carbocycles. The van der Waals surface area contributed by atoms with E-state index in [0.717, 1.165) is 5.69 Å². The molecule has 0 bridgehead atoms. The van der Waals surface area contributed by atoms with E-state index in [1.807, 2.05) is 24.3 Å². The minimum absolute atomic E-state index is 0.356. The zero-order valence-electron chi connectivity index (χ0n) is 10.0. The largest absolute Gasteiger partial charge is 0.426 e. The highest BCUT2D eigenvalue weighted by Crippen LogP contribution is 2.12. The van der Waals surface area contributed by atoms with Gasteiger partial charge in [-0.2, -0.15) is 0 Å². The molecule has 3 heteroatoms. The average molecular weight is 229 g/mol. The first kappa shape index (κ1) is 12.9. The van der Waals surface area contributed by atoms with Crippen LogP contribution in [0, 0.1) is 0 Å². The number of nitrogens with zero attached hydrogens (tertiary/aromatic N) is 1. The molecule has 0 amide bonds. The van der Waals surface area contributed by atoms with Gasteiger partial charge in [0.15, 0.2) is 0 Å². The van der Waals surface area contributed by atoms with Gasteiger partial charge in [0.05, 0.1) is 5.69 Å². The van der Waals surface area contributed by atoms with Gasteiger partial charge in [-0.25, -0.2) is 0 Å². The number of ether oxygens (including phenoxy) is 1. The molecular weight excluding hydrogens is 214 g/mol. The highest BCUT2D eigenvalue weighted by molar-refractivity contribution is 5.68. The number of carbonyl (C=O) groups excluding carboxylic acids is 1. The van der Waals surface area contributed by atoms with Gasteiger partial charge in [0.1, 0.15) is 5.76 Å². The normalized spacial score (nSPS) is 11.5. The van der Waals surface area contributed by atoms with Crippen molar-refractivity contribution in [2.75, 3.05) is 0 Å². The maximum Gasteiger partial charge on any atom is 0.308 e. The Bertz CT molecular complexity index is 458. The molecule has 17 heavy (non-hydrogen) atoms. The molecule has 0 aliphatic heterocycles. The van der Waals surface area contributed by atoms with Crippen molar-refractivity contribution in [2.24, 2.45) is 0 Å². The third kappa shape index (κ3) is 4.47. The lowest BCUT2D eigenvalue weighted by molar-refractivity contribution is -0.136. The Morgan fingerprint density at radius 1 is 1.47 bits per heavy atom. The summed E-state index contributed by atoms with van der Waals surface area (Å²) in [6.07, 6.45) is 6.99. The molecular formula is C14H15NO2. The number of aromatic nitrogens is 1. The summed E-state index contributed by atoms with van der Waals surface area (Å²) >= 11 is 0. The summed E-state index contributed by atoms with van der Waals surface area (Å²) in [7, 11) is 0. The Hall–Kier alpha value is -2.16. The van der Waals surface area contributed by atoms with E-state index in [4.69, 9.17) is 4.74 Å². The molecule has 0 unspecified atom stereocenters. The lowest BCUT2D eigenvalue weighted by Crippen LogP contribution is -1.99. The molecule has 1 aromatic rings. The van der Waals surface area contributed by atoms with Crippen LogP contribution in [0.3, 0.4) is 0 Å². The lowest BCUT2D eigenvalue weighted by Gasteiger charge is -2.05. The van der Waals surface area contributed by atoms with Crippen molar-refractivity contribution in [3.8, 4) is 0 Å². The third-order valence-corrected chi connectivity index (χ3v) is 1.98. The average Bonchev–Trinajstić information content (AvgIpc) is 2.34. The van der Waals surface area contributed by atoms with E-state index in [2.05, 4.69) is 11.6 Å². The molecule has 0 aliphatic rings. The first-order valence-corrected chi connectivity index (χ1v) is 5.26. The van der Waals surface area contributed by atoms with Gasteiger partial charge in [-0.15, -0.1) is 0 Å². The van der Waals surface area contributed by atoms with Crippen LogP contribution in [0.1, 0.15) is 19.5 Å². The fourth-order valence-electron chi connectivity index (χ4n) is 1.21. The fourth-order valence-corrected chi connectivity index (χ4v) is 1.21. The molecule has 0 N–H and O–H groups in total. The van der Waals surface area contributed by atoms with E-state index in [-0.39, 0.29) is 5.97 Å². The Labute approximate surface area is 101 Å². The fraction of sp³-hybridized carbons (Fsp3) is 0.143. The Balaban J connectivity index is 2.72. The van der Waals surface area contributed by atoms with Gasteiger partial charge >= 0.3 is 5.97 Å². The van der Waals surface area contributed by atoms with Crippen LogP contribution in [0.5, 0.6) is 0 Å². The standard InChI is InChI=1S/C14H15NO2/c1-4-14(17-12(3)16)11(2)8-9-13-7-5-6-10-15-13/h4-10H,2H2,1,3H3. The van der Waals surface area contributed by atoms with E-state index in [1.54, 1.807) is 25.3 Å². The van der Waals surface area contributed by atoms with Gasteiger partial charge in [0, 0.05) is 18.7 Å². The summed E-state index contributed by atoms with van der Waals surface area (Å²) in [6, 6.07) is 5.63. The van der Waals surface area contributed by atoms with Crippen molar-refractivity contribution in [3.05, 3.63) is 60.2 Å². The monoisotopic (exact) mass is 229 g/mol. The topological polar surface area (TPSA) is 39.2 Å². The number of allylic oxidation sites excluding steroid dienone is 2. The summed E-state index contributed by atoms with van der Waals surface area (Å²) < 4.78 is 5.00. The smallest absolute Gasteiger partial charge is 0.308 e. The summed E-state index contributed by atoms with van der Waals surface area (Å²) in [5, 5.41) is 0. The second-order valence-electron chi connectivity index (χ2n) is 3.36. The van der Waals surface area contributed by atoms with Crippen molar-refractivity contribution in [1.29, 1.82) is 0 Å². The summed E-state index contributed by atoms with van der Waals surface area (Å²) in [4.78, 5) is 15.0. The molecule has 0 aromatic carbocycles. The number of carbonyl (C=O) groups is 1. The van der Waals surface area contributed by atoms with Gasteiger partial charge in [-0.3, -0.25) is 9.78 Å². The summed E-state index contributed by atoms with van der Waals surface area (Å²) in [6.45, 7) is 6.98. The first-order valence-electron chi connectivity index (χ1n) is 5.26. The third-order valence-electron chi connectivity index (χ3n) is 1.98.